The van der Waals surface area contributed by atoms with Crippen LogP contribution in [0.1, 0.15) is 10.5 Å². The van der Waals surface area contributed by atoms with Crippen LogP contribution >= 0.6 is 0 Å². The number of aromatic nitrogens is 2. The van der Waals surface area contributed by atoms with Crippen molar-refractivity contribution in [2.45, 2.75) is 0 Å². The fraction of sp³-hybridized carbons (Fsp3) is 0. The molecular weight excluding hydrogens is 204 g/mol. The number of para-hydroxylation sites is 1. The summed E-state index contributed by atoms with van der Waals surface area (Å²) < 4.78 is 0. The van der Waals surface area contributed by atoms with Crippen LogP contribution in [0.3, 0.4) is 0 Å². The van der Waals surface area contributed by atoms with Crippen LogP contribution in [0.5, 0.6) is 0 Å². The molecule has 2 heterocycles. The summed E-state index contributed by atoms with van der Waals surface area (Å²) in [6.07, 6.45) is 3.35. The molecule has 0 atom stereocenters. The Labute approximate surface area is 90.5 Å². The second-order valence-electron chi connectivity index (χ2n) is 3.57. The van der Waals surface area contributed by atoms with Crippen molar-refractivity contribution in [1.82, 2.24) is 9.97 Å². The van der Waals surface area contributed by atoms with E-state index in [2.05, 4.69) is 9.97 Å². The van der Waals surface area contributed by atoms with Gasteiger partial charge in [-0.1, -0.05) is 18.2 Å². The standard InChI is InChI=1S/C12H8N2O2/c15-12(16)11-10-7(6-14-11)5-13-9-4-2-1-3-8(9)10/h1-6,14H,(H,15,16). The lowest BCUT2D eigenvalue weighted by Crippen LogP contribution is -1.96. The molecule has 0 saturated heterocycles. The Kier molecular flexibility index (Phi) is 1.71. The highest BCUT2D eigenvalue weighted by molar-refractivity contribution is 6.14. The molecule has 4 heteroatoms. The van der Waals surface area contributed by atoms with E-state index in [1.165, 1.54) is 0 Å². The van der Waals surface area contributed by atoms with E-state index in [9.17, 15) is 4.79 Å². The number of pyridine rings is 1. The molecule has 16 heavy (non-hydrogen) atoms. The average molecular weight is 212 g/mol. The van der Waals surface area contributed by atoms with E-state index < -0.39 is 5.97 Å². The van der Waals surface area contributed by atoms with Gasteiger partial charge in [-0.25, -0.2) is 4.79 Å². The molecule has 2 N–H and O–H groups in total. The molecule has 0 fully saturated rings. The van der Waals surface area contributed by atoms with Gasteiger partial charge in [0.1, 0.15) is 5.69 Å². The second kappa shape index (κ2) is 3.06. The maximum atomic E-state index is 11.1. The van der Waals surface area contributed by atoms with Crippen molar-refractivity contribution < 1.29 is 9.90 Å². The first-order chi connectivity index (χ1) is 7.77. The highest BCUT2D eigenvalue weighted by atomic mass is 16.4. The fourth-order valence-electron chi connectivity index (χ4n) is 1.94. The zero-order chi connectivity index (χ0) is 11.1. The van der Waals surface area contributed by atoms with E-state index in [1.54, 1.807) is 12.4 Å². The van der Waals surface area contributed by atoms with Gasteiger partial charge in [0.15, 0.2) is 0 Å². The lowest BCUT2D eigenvalue weighted by atomic mass is 10.1. The zero-order valence-electron chi connectivity index (χ0n) is 8.27. The molecule has 0 aliphatic heterocycles. The van der Waals surface area contributed by atoms with Gasteiger partial charge >= 0.3 is 5.97 Å². The van der Waals surface area contributed by atoms with E-state index in [0.717, 1.165) is 21.7 Å². The second-order valence-corrected chi connectivity index (χ2v) is 3.57. The number of aromatic carboxylic acids is 1. The van der Waals surface area contributed by atoms with E-state index in [1.807, 2.05) is 24.3 Å². The molecule has 1 aromatic carbocycles. The number of hydrogen-bond acceptors (Lipinski definition) is 2. The number of nitrogens with zero attached hydrogens (tertiary/aromatic N) is 1. The van der Waals surface area contributed by atoms with Gasteiger partial charge in [-0.3, -0.25) is 4.98 Å². The summed E-state index contributed by atoms with van der Waals surface area (Å²) in [7, 11) is 0. The number of hydrogen-bond donors (Lipinski definition) is 2. The Bertz CT molecular complexity index is 700. The first-order valence-electron chi connectivity index (χ1n) is 4.85. The maximum Gasteiger partial charge on any atom is 0.352 e. The molecule has 0 radical (unpaired) electrons. The predicted molar refractivity (Wildman–Crippen MR) is 60.6 cm³/mol. The molecule has 78 valence electrons. The van der Waals surface area contributed by atoms with Gasteiger partial charge in [-0.15, -0.1) is 0 Å². The predicted octanol–water partition coefficient (Wildman–Crippen LogP) is 2.41. The summed E-state index contributed by atoms with van der Waals surface area (Å²) in [5.41, 5.74) is 1.02. The Balaban J connectivity index is 2.56. The van der Waals surface area contributed by atoms with Crippen molar-refractivity contribution in [1.29, 1.82) is 0 Å². The molecule has 4 nitrogen and oxygen atoms in total. The van der Waals surface area contributed by atoms with Crippen LogP contribution in [0.25, 0.3) is 21.7 Å². The zero-order valence-corrected chi connectivity index (χ0v) is 8.27. The van der Waals surface area contributed by atoms with Gasteiger partial charge < -0.3 is 10.1 Å². The van der Waals surface area contributed by atoms with Gasteiger partial charge in [0.05, 0.1) is 5.52 Å². The van der Waals surface area contributed by atoms with Crippen LogP contribution in [-0.4, -0.2) is 21.0 Å². The van der Waals surface area contributed by atoms with Crippen molar-refractivity contribution in [3.8, 4) is 0 Å². The number of carboxylic acids is 1. The molecule has 2 aromatic heterocycles. The van der Waals surface area contributed by atoms with Crippen molar-refractivity contribution >= 4 is 27.6 Å². The molecule has 0 saturated carbocycles. The smallest absolute Gasteiger partial charge is 0.352 e. The van der Waals surface area contributed by atoms with Crippen molar-refractivity contribution in [3.63, 3.8) is 0 Å². The number of fused-ring (bicyclic) bond motifs is 3. The fourth-order valence-corrected chi connectivity index (χ4v) is 1.94. The Morgan fingerprint density at radius 1 is 1.31 bits per heavy atom. The Hall–Kier alpha value is -2.36. The number of nitrogens with one attached hydrogen (secondary N) is 1. The topological polar surface area (TPSA) is 66.0 Å². The molecule has 0 spiro atoms. The molecule has 0 bridgehead atoms. The Morgan fingerprint density at radius 2 is 2.12 bits per heavy atom. The quantitative estimate of drug-likeness (QED) is 0.651. The van der Waals surface area contributed by atoms with Crippen LogP contribution in [0, 0.1) is 0 Å². The third-order valence-electron chi connectivity index (χ3n) is 2.64. The van der Waals surface area contributed by atoms with E-state index in [-0.39, 0.29) is 5.69 Å². The first-order valence-corrected chi connectivity index (χ1v) is 4.85. The Morgan fingerprint density at radius 3 is 2.94 bits per heavy atom. The average Bonchev–Trinajstić information content (AvgIpc) is 2.73. The SMILES string of the molecule is O=C(O)c1[nH]cc2cnc3ccccc3c12. The highest BCUT2D eigenvalue weighted by Gasteiger charge is 2.13. The summed E-state index contributed by atoms with van der Waals surface area (Å²) in [5.74, 6) is -0.952. The van der Waals surface area contributed by atoms with Gasteiger partial charge in [-0.2, -0.15) is 0 Å². The van der Waals surface area contributed by atoms with E-state index in [4.69, 9.17) is 5.11 Å². The summed E-state index contributed by atoms with van der Waals surface area (Å²) in [6, 6.07) is 7.51. The third kappa shape index (κ3) is 1.10. The minimum Gasteiger partial charge on any atom is -0.477 e. The highest BCUT2D eigenvalue weighted by Crippen LogP contribution is 2.26. The van der Waals surface area contributed by atoms with Crippen LogP contribution in [0.4, 0.5) is 0 Å². The van der Waals surface area contributed by atoms with Gasteiger partial charge in [0.2, 0.25) is 0 Å². The van der Waals surface area contributed by atoms with Crippen LogP contribution in [0.2, 0.25) is 0 Å². The van der Waals surface area contributed by atoms with Crippen LogP contribution in [-0.2, 0) is 0 Å². The number of rotatable bonds is 1. The lowest BCUT2D eigenvalue weighted by Gasteiger charge is -1.99. The first kappa shape index (κ1) is 8.91. The summed E-state index contributed by atoms with van der Waals surface area (Å²) in [5, 5.41) is 11.5. The molecule has 0 aliphatic carbocycles. The largest absolute Gasteiger partial charge is 0.477 e. The van der Waals surface area contributed by atoms with Crippen molar-refractivity contribution in [2.24, 2.45) is 0 Å². The summed E-state index contributed by atoms with van der Waals surface area (Å²) >= 11 is 0. The molecule has 3 rings (SSSR count). The summed E-state index contributed by atoms with van der Waals surface area (Å²) in [4.78, 5) is 18.1. The monoisotopic (exact) mass is 212 g/mol. The minimum absolute atomic E-state index is 0.216. The molecule has 0 unspecified atom stereocenters. The van der Waals surface area contributed by atoms with Crippen molar-refractivity contribution in [2.75, 3.05) is 0 Å². The van der Waals surface area contributed by atoms with Crippen molar-refractivity contribution in [3.05, 3.63) is 42.4 Å². The molecule has 0 aliphatic rings. The van der Waals surface area contributed by atoms with Gasteiger partial charge in [0.25, 0.3) is 0 Å². The van der Waals surface area contributed by atoms with Gasteiger partial charge in [-0.05, 0) is 6.07 Å². The number of aromatic amines is 1. The van der Waals surface area contributed by atoms with Crippen LogP contribution < -0.4 is 0 Å². The van der Waals surface area contributed by atoms with E-state index in [0.29, 0.717) is 0 Å². The minimum atomic E-state index is -0.952. The maximum absolute atomic E-state index is 11.1. The normalized spacial score (nSPS) is 11.0. The number of carbonyl (C=O) groups is 1. The third-order valence-corrected chi connectivity index (χ3v) is 2.64. The van der Waals surface area contributed by atoms with E-state index >= 15 is 0 Å². The molecular formula is C12H8N2O2. The number of H-pyrrole nitrogens is 1. The number of benzene rings is 1. The molecule has 0 amide bonds. The lowest BCUT2D eigenvalue weighted by molar-refractivity contribution is 0.0693. The van der Waals surface area contributed by atoms with Crippen LogP contribution in [0.15, 0.2) is 36.7 Å². The number of carboxylic acid groups (broad SMARTS) is 1. The molecule has 3 aromatic rings. The van der Waals surface area contributed by atoms with Gasteiger partial charge in [0, 0.05) is 28.6 Å². The summed E-state index contributed by atoms with van der Waals surface area (Å²) in [6.45, 7) is 0.